The Labute approximate surface area is 242 Å². The maximum Gasteiger partial charge on any atom is 0.252 e. The summed E-state index contributed by atoms with van der Waals surface area (Å²) in [6.45, 7) is 13.9. The Morgan fingerprint density at radius 1 is 0.634 bits per heavy atom. The number of fused-ring (bicyclic) bond motifs is 6. The summed E-state index contributed by atoms with van der Waals surface area (Å²) < 4.78 is 2.29. The molecule has 0 atom stereocenters. The molecule has 8 rings (SSSR count). The van der Waals surface area contributed by atoms with Gasteiger partial charge in [0.2, 0.25) is 0 Å². The van der Waals surface area contributed by atoms with Crippen LogP contribution in [0.25, 0.3) is 27.4 Å². The predicted octanol–water partition coefficient (Wildman–Crippen LogP) is 7.39. The van der Waals surface area contributed by atoms with E-state index in [0.29, 0.717) is 0 Å². The van der Waals surface area contributed by atoms with Crippen LogP contribution in [0.2, 0.25) is 0 Å². The zero-order valence-corrected chi connectivity index (χ0v) is 24.7. The van der Waals surface area contributed by atoms with Crippen LogP contribution in [-0.4, -0.2) is 16.5 Å². The molecule has 3 nitrogen and oxygen atoms in total. The van der Waals surface area contributed by atoms with E-state index in [2.05, 4.69) is 148 Å². The summed E-state index contributed by atoms with van der Waals surface area (Å²) in [5.41, 5.74) is 12.5. The van der Waals surface area contributed by atoms with Gasteiger partial charge in [0.1, 0.15) is 0 Å². The second kappa shape index (κ2) is 8.13. The fraction of sp³-hybridized carbons (Fsp3) is 0.216. The number of aromatic nitrogens is 2. The predicted molar refractivity (Wildman–Crippen MR) is 175 cm³/mol. The minimum atomic E-state index is -0.108. The van der Waals surface area contributed by atoms with Gasteiger partial charge in [-0.15, -0.1) is 0 Å². The lowest BCUT2D eigenvalue weighted by molar-refractivity contribution is 0.564. The fourth-order valence-electron chi connectivity index (χ4n) is 7.06. The highest BCUT2D eigenvalue weighted by Gasteiger charge is 2.43. The number of hydrogen-bond donors (Lipinski definition) is 0. The molecule has 5 aromatic carbocycles. The summed E-state index contributed by atoms with van der Waals surface area (Å²) in [5.74, 6) is 0. The van der Waals surface area contributed by atoms with Crippen LogP contribution < -0.4 is 21.3 Å². The van der Waals surface area contributed by atoms with Gasteiger partial charge in [0.05, 0.1) is 16.9 Å². The van der Waals surface area contributed by atoms with Crippen LogP contribution in [0.3, 0.4) is 0 Å². The standard InChI is InChI=1S/C37H34BN3/c1-36(2,3)24-21-30-33-31(22-24)41-34-28(20-23-14-10-11-17-26(23)32(34)35(39-41)37(4,5)6)38(33)27-18-12-13-19-29(27)40(30)25-15-8-7-9-16-25/h7-22H,1-6H3. The van der Waals surface area contributed by atoms with Gasteiger partial charge in [0, 0.05) is 27.9 Å². The molecule has 4 heteroatoms. The van der Waals surface area contributed by atoms with Crippen molar-refractivity contribution in [2.24, 2.45) is 0 Å². The van der Waals surface area contributed by atoms with Crippen molar-refractivity contribution >= 4 is 61.8 Å². The van der Waals surface area contributed by atoms with E-state index < -0.39 is 0 Å². The fourth-order valence-corrected chi connectivity index (χ4v) is 7.06. The molecule has 200 valence electrons. The summed E-state index contributed by atoms with van der Waals surface area (Å²) in [6.07, 6.45) is 0. The van der Waals surface area contributed by atoms with Gasteiger partial charge >= 0.3 is 0 Å². The Balaban J connectivity index is 1.60. The summed E-state index contributed by atoms with van der Waals surface area (Å²) >= 11 is 0. The van der Waals surface area contributed by atoms with E-state index in [-0.39, 0.29) is 17.5 Å². The summed E-state index contributed by atoms with van der Waals surface area (Å²) in [7, 11) is 0. The minimum Gasteiger partial charge on any atom is -0.311 e. The molecule has 2 aliphatic heterocycles. The highest BCUT2D eigenvalue weighted by molar-refractivity contribution is 7.00. The highest BCUT2D eigenvalue weighted by Crippen LogP contribution is 2.43. The smallest absolute Gasteiger partial charge is 0.252 e. The van der Waals surface area contributed by atoms with Crippen molar-refractivity contribution in [3.05, 3.63) is 108 Å². The van der Waals surface area contributed by atoms with E-state index in [1.165, 1.54) is 66.4 Å². The Kier molecular flexibility index (Phi) is 4.86. The third-order valence-corrected chi connectivity index (χ3v) is 8.98. The van der Waals surface area contributed by atoms with E-state index in [1.807, 2.05) is 0 Å². The lowest BCUT2D eigenvalue weighted by atomic mass is 9.33. The Morgan fingerprint density at radius 3 is 2.07 bits per heavy atom. The topological polar surface area (TPSA) is 21.1 Å². The first-order valence-corrected chi connectivity index (χ1v) is 14.7. The highest BCUT2D eigenvalue weighted by atomic mass is 15.3. The molecule has 0 fully saturated rings. The van der Waals surface area contributed by atoms with Gasteiger partial charge in [-0.05, 0) is 68.5 Å². The number of anilines is 3. The summed E-state index contributed by atoms with van der Waals surface area (Å²) in [4.78, 5) is 2.47. The first-order chi connectivity index (χ1) is 19.6. The van der Waals surface area contributed by atoms with Crippen molar-refractivity contribution < 1.29 is 0 Å². The van der Waals surface area contributed by atoms with Crippen LogP contribution in [0.1, 0.15) is 52.8 Å². The normalized spacial score (nSPS) is 14.0. The molecule has 0 saturated heterocycles. The van der Waals surface area contributed by atoms with Crippen molar-refractivity contribution in [1.29, 1.82) is 0 Å². The number of benzene rings is 5. The zero-order valence-electron chi connectivity index (χ0n) is 24.7. The van der Waals surface area contributed by atoms with Crippen molar-refractivity contribution in [2.45, 2.75) is 52.4 Å². The SMILES string of the molecule is CC(C)(C)c1cc2c3c(c1)-n1nc(C(C)(C)C)c4c5ccccc5cc(c41)B3c1ccccc1N2c1ccccc1. The molecule has 0 radical (unpaired) electrons. The van der Waals surface area contributed by atoms with E-state index in [9.17, 15) is 0 Å². The zero-order chi connectivity index (χ0) is 28.3. The molecule has 0 aliphatic carbocycles. The van der Waals surface area contributed by atoms with Gasteiger partial charge in [0.25, 0.3) is 6.71 Å². The minimum absolute atomic E-state index is 0.0247. The van der Waals surface area contributed by atoms with E-state index in [4.69, 9.17) is 5.10 Å². The molecule has 0 unspecified atom stereocenters. The average Bonchev–Trinajstić information content (AvgIpc) is 3.37. The van der Waals surface area contributed by atoms with Crippen LogP contribution in [0.5, 0.6) is 0 Å². The summed E-state index contributed by atoms with van der Waals surface area (Å²) in [5, 5.41) is 9.35. The van der Waals surface area contributed by atoms with Gasteiger partial charge in [-0.1, -0.05) is 108 Å². The van der Waals surface area contributed by atoms with Crippen LogP contribution in [-0.2, 0) is 10.8 Å². The quantitative estimate of drug-likeness (QED) is 0.206. The Hall–Kier alpha value is -4.31. The van der Waals surface area contributed by atoms with Crippen molar-refractivity contribution in [3.8, 4) is 5.69 Å². The maximum absolute atomic E-state index is 5.49. The molecular formula is C37H34BN3. The molecule has 2 aliphatic rings. The third-order valence-electron chi connectivity index (χ3n) is 8.98. The van der Waals surface area contributed by atoms with Gasteiger partial charge in [0.15, 0.2) is 0 Å². The lowest BCUT2D eigenvalue weighted by Crippen LogP contribution is -2.60. The number of para-hydroxylation sites is 2. The largest absolute Gasteiger partial charge is 0.311 e. The Morgan fingerprint density at radius 2 is 1.32 bits per heavy atom. The van der Waals surface area contributed by atoms with Gasteiger partial charge < -0.3 is 4.90 Å². The molecule has 0 N–H and O–H groups in total. The van der Waals surface area contributed by atoms with E-state index in [1.54, 1.807) is 0 Å². The molecular weight excluding hydrogens is 497 g/mol. The third kappa shape index (κ3) is 3.37. The van der Waals surface area contributed by atoms with E-state index >= 15 is 0 Å². The van der Waals surface area contributed by atoms with Gasteiger partial charge in [-0.25, -0.2) is 4.68 Å². The molecule has 0 amide bonds. The van der Waals surface area contributed by atoms with Crippen LogP contribution in [0, 0.1) is 0 Å². The molecule has 6 aromatic rings. The van der Waals surface area contributed by atoms with Crippen molar-refractivity contribution in [2.75, 3.05) is 4.90 Å². The average molecular weight is 532 g/mol. The van der Waals surface area contributed by atoms with E-state index in [0.717, 1.165) is 5.69 Å². The van der Waals surface area contributed by atoms with Crippen LogP contribution in [0.15, 0.2) is 97.1 Å². The second-order valence-electron chi connectivity index (χ2n) is 13.8. The molecule has 0 saturated carbocycles. The number of hydrogen-bond acceptors (Lipinski definition) is 2. The first-order valence-electron chi connectivity index (χ1n) is 14.7. The maximum atomic E-state index is 5.49. The molecule has 41 heavy (non-hydrogen) atoms. The van der Waals surface area contributed by atoms with Crippen molar-refractivity contribution in [3.63, 3.8) is 0 Å². The Bertz CT molecular complexity index is 2020. The molecule has 0 bridgehead atoms. The van der Waals surface area contributed by atoms with Crippen LogP contribution in [0.4, 0.5) is 17.1 Å². The van der Waals surface area contributed by atoms with Crippen molar-refractivity contribution in [1.82, 2.24) is 9.78 Å². The molecule has 0 spiro atoms. The lowest BCUT2D eigenvalue weighted by Gasteiger charge is -2.41. The molecule has 1 aromatic heterocycles. The number of nitrogens with zero attached hydrogens (tertiary/aromatic N) is 3. The van der Waals surface area contributed by atoms with Crippen LogP contribution >= 0.6 is 0 Å². The molecule has 3 heterocycles. The van der Waals surface area contributed by atoms with Gasteiger partial charge in [-0.2, -0.15) is 5.10 Å². The first kappa shape index (κ1) is 24.5. The van der Waals surface area contributed by atoms with Gasteiger partial charge in [-0.3, -0.25) is 0 Å². The number of rotatable bonds is 1. The monoisotopic (exact) mass is 531 g/mol. The second-order valence-corrected chi connectivity index (χ2v) is 13.8. The summed E-state index contributed by atoms with van der Waals surface area (Å²) in [6, 6.07) is 36.0.